The van der Waals surface area contributed by atoms with Gasteiger partial charge >= 0.3 is 0 Å². The summed E-state index contributed by atoms with van der Waals surface area (Å²) in [4.78, 5) is 12.3. The lowest BCUT2D eigenvalue weighted by atomic mass is 9.94. The minimum absolute atomic E-state index is 0.0590. The molecule has 2 aromatic rings. The Hall–Kier alpha value is -2.14. The van der Waals surface area contributed by atoms with Crippen LogP contribution in [-0.2, 0) is 18.3 Å². The molecule has 2 N–H and O–H groups in total. The predicted octanol–water partition coefficient (Wildman–Crippen LogP) is 3.61. The summed E-state index contributed by atoms with van der Waals surface area (Å²) >= 11 is 0. The van der Waals surface area contributed by atoms with Crippen LogP contribution in [0.3, 0.4) is 0 Å². The highest BCUT2D eigenvalue weighted by Crippen LogP contribution is 2.22. The van der Waals surface area contributed by atoms with Crippen molar-refractivity contribution in [2.24, 2.45) is 13.0 Å². The second kappa shape index (κ2) is 8.81. The Morgan fingerprint density at radius 3 is 2.44 bits per heavy atom. The first kappa shape index (κ1) is 19.2. The third kappa shape index (κ3) is 5.43. The smallest absolute Gasteiger partial charge is 0.239 e. The van der Waals surface area contributed by atoms with E-state index >= 15 is 0 Å². The molecule has 1 unspecified atom stereocenters. The molecule has 0 aliphatic carbocycles. The number of aromatic nitrogens is 2. The number of nitrogens with one attached hydrogen (secondary N) is 2. The zero-order valence-corrected chi connectivity index (χ0v) is 16.0. The van der Waals surface area contributed by atoms with E-state index in [1.54, 1.807) is 4.68 Å². The molecule has 25 heavy (non-hydrogen) atoms. The predicted molar refractivity (Wildman–Crippen MR) is 103 cm³/mol. The number of aryl methyl sites for hydroxylation is 3. The van der Waals surface area contributed by atoms with Gasteiger partial charge in [0.1, 0.15) is 5.82 Å². The maximum atomic E-state index is 12.3. The maximum absolute atomic E-state index is 12.3. The van der Waals surface area contributed by atoms with Crippen LogP contribution in [0.5, 0.6) is 0 Å². The number of amides is 1. The van der Waals surface area contributed by atoms with Crippen molar-refractivity contribution >= 4 is 11.7 Å². The van der Waals surface area contributed by atoms with Gasteiger partial charge in [-0.05, 0) is 30.4 Å². The fraction of sp³-hybridized carbons (Fsp3) is 0.500. The van der Waals surface area contributed by atoms with E-state index in [1.165, 1.54) is 11.1 Å². The van der Waals surface area contributed by atoms with Gasteiger partial charge in [0.15, 0.2) is 0 Å². The summed E-state index contributed by atoms with van der Waals surface area (Å²) < 4.78 is 1.68. The monoisotopic (exact) mass is 342 g/mol. The molecule has 1 aromatic carbocycles. The average molecular weight is 342 g/mol. The van der Waals surface area contributed by atoms with Crippen molar-refractivity contribution in [1.82, 2.24) is 15.1 Å². The summed E-state index contributed by atoms with van der Waals surface area (Å²) in [5, 5.41) is 10.5. The molecule has 0 spiro atoms. The Morgan fingerprint density at radius 2 is 1.92 bits per heavy atom. The van der Waals surface area contributed by atoms with Crippen LogP contribution in [0.1, 0.15) is 50.1 Å². The third-order valence-corrected chi connectivity index (χ3v) is 4.30. The van der Waals surface area contributed by atoms with Gasteiger partial charge in [-0.2, -0.15) is 5.10 Å². The molecule has 0 radical (unpaired) electrons. The summed E-state index contributed by atoms with van der Waals surface area (Å²) in [6.07, 6.45) is 2.26. The highest BCUT2D eigenvalue weighted by molar-refractivity contribution is 5.91. The van der Waals surface area contributed by atoms with Gasteiger partial charge < -0.3 is 10.6 Å². The first-order valence-electron chi connectivity index (χ1n) is 9.03. The van der Waals surface area contributed by atoms with Crippen molar-refractivity contribution in [2.45, 2.75) is 46.6 Å². The van der Waals surface area contributed by atoms with Crippen LogP contribution >= 0.6 is 0 Å². The van der Waals surface area contributed by atoms with Crippen LogP contribution in [0.4, 0.5) is 5.82 Å². The van der Waals surface area contributed by atoms with E-state index in [4.69, 9.17) is 0 Å². The number of benzene rings is 1. The van der Waals surface area contributed by atoms with Crippen molar-refractivity contribution in [3.63, 3.8) is 0 Å². The average Bonchev–Trinajstić information content (AvgIpc) is 2.86. The van der Waals surface area contributed by atoms with E-state index in [0.29, 0.717) is 11.7 Å². The van der Waals surface area contributed by atoms with Crippen molar-refractivity contribution in [1.29, 1.82) is 0 Å². The molecule has 5 nitrogen and oxygen atoms in total. The topological polar surface area (TPSA) is 59.0 Å². The molecule has 1 atom stereocenters. The summed E-state index contributed by atoms with van der Waals surface area (Å²) in [5.41, 5.74) is 3.47. The molecule has 0 aliphatic rings. The van der Waals surface area contributed by atoms with Gasteiger partial charge in [-0.1, -0.05) is 51.5 Å². The van der Waals surface area contributed by atoms with Gasteiger partial charge in [0, 0.05) is 19.2 Å². The van der Waals surface area contributed by atoms with Crippen LogP contribution in [-0.4, -0.2) is 22.2 Å². The normalized spacial score (nSPS) is 12.4. The maximum Gasteiger partial charge on any atom is 0.239 e. The van der Waals surface area contributed by atoms with E-state index in [2.05, 4.69) is 60.8 Å². The number of carbonyl (C=O) groups is 1. The van der Waals surface area contributed by atoms with E-state index in [0.717, 1.165) is 18.5 Å². The molecule has 0 saturated carbocycles. The van der Waals surface area contributed by atoms with Crippen molar-refractivity contribution in [3.8, 4) is 0 Å². The number of rotatable bonds is 8. The molecule has 0 fully saturated rings. The fourth-order valence-corrected chi connectivity index (χ4v) is 3.04. The molecular formula is C20H30N4O. The Balaban J connectivity index is 1.97. The van der Waals surface area contributed by atoms with Crippen LogP contribution in [0, 0.1) is 12.8 Å². The van der Waals surface area contributed by atoms with Crippen molar-refractivity contribution in [3.05, 3.63) is 47.2 Å². The molecule has 0 saturated heterocycles. The quantitative estimate of drug-likeness (QED) is 0.770. The van der Waals surface area contributed by atoms with Crippen molar-refractivity contribution in [2.75, 3.05) is 11.9 Å². The van der Waals surface area contributed by atoms with E-state index in [-0.39, 0.29) is 18.5 Å². The van der Waals surface area contributed by atoms with Crippen LogP contribution in [0.2, 0.25) is 0 Å². The molecule has 136 valence electrons. The molecule has 5 heteroatoms. The molecule has 1 amide bonds. The molecule has 2 rings (SSSR count). The van der Waals surface area contributed by atoms with Gasteiger partial charge in [0.05, 0.1) is 12.2 Å². The lowest BCUT2D eigenvalue weighted by molar-refractivity contribution is -0.115. The third-order valence-electron chi connectivity index (χ3n) is 4.30. The second-order valence-corrected chi connectivity index (χ2v) is 6.94. The Morgan fingerprint density at radius 1 is 1.24 bits per heavy atom. The zero-order valence-electron chi connectivity index (χ0n) is 16.0. The summed E-state index contributed by atoms with van der Waals surface area (Å²) in [6, 6.07) is 10.7. The first-order chi connectivity index (χ1) is 11.9. The van der Waals surface area contributed by atoms with E-state index in [9.17, 15) is 4.79 Å². The number of nitrogens with zero attached hydrogens (tertiary/aromatic N) is 2. The van der Waals surface area contributed by atoms with Gasteiger partial charge in [-0.15, -0.1) is 0 Å². The molecule has 0 aliphatic heterocycles. The van der Waals surface area contributed by atoms with Crippen LogP contribution < -0.4 is 10.6 Å². The Labute approximate surface area is 150 Å². The first-order valence-corrected chi connectivity index (χ1v) is 9.03. The molecular weight excluding hydrogens is 312 g/mol. The summed E-state index contributed by atoms with van der Waals surface area (Å²) in [7, 11) is 1.82. The minimum Gasteiger partial charge on any atom is -0.310 e. The largest absolute Gasteiger partial charge is 0.310 e. The SMILES string of the molecule is CCCc1ccc(C(NCC(=O)Nc2cc(C)nn2C)C(C)C)cc1. The van der Waals surface area contributed by atoms with Gasteiger partial charge in [-0.25, -0.2) is 0 Å². The van der Waals surface area contributed by atoms with Gasteiger partial charge in [0.25, 0.3) is 0 Å². The molecule has 1 heterocycles. The molecule has 0 bridgehead atoms. The summed E-state index contributed by atoms with van der Waals surface area (Å²) in [6.45, 7) is 8.70. The Bertz CT molecular complexity index is 688. The zero-order chi connectivity index (χ0) is 18.4. The summed E-state index contributed by atoms with van der Waals surface area (Å²) in [5.74, 6) is 1.05. The standard InChI is InChI=1S/C20H30N4O/c1-6-7-16-8-10-17(11-9-16)20(14(2)3)21-13-19(25)22-18-12-15(4)23-24(18)5/h8-12,14,20-21H,6-7,13H2,1-5H3,(H,22,25). The lowest BCUT2D eigenvalue weighted by Gasteiger charge is -2.23. The van der Waals surface area contributed by atoms with E-state index < -0.39 is 0 Å². The number of anilines is 1. The number of hydrogen-bond acceptors (Lipinski definition) is 3. The number of carbonyl (C=O) groups excluding carboxylic acids is 1. The van der Waals surface area contributed by atoms with Crippen LogP contribution in [0.15, 0.2) is 30.3 Å². The lowest BCUT2D eigenvalue weighted by Crippen LogP contribution is -2.34. The Kier molecular flexibility index (Phi) is 6.76. The highest BCUT2D eigenvalue weighted by Gasteiger charge is 2.17. The fourth-order valence-electron chi connectivity index (χ4n) is 3.04. The van der Waals surface area contributed by atoms with Gasteiger partial charge in [-0.3, -0.25) is 9.48 Å². The number of hydrogen-bond donors (Lipinski definition) is 2. The molecule has 1 aromatic heterocycles. The van der Waals surface area contributed by atoms with Crippen LogP contribution in [0.25, 0.3) is 0 Å². The second-order valence-electron chi connectivity index (χ2n) is 6.94. The van der Waals surface area contributed by atoms with Crippen molar-refractivity contribution < 1.29 is 4.79 Å². The van der Waals surface area contributed by atoms with Gasteiger partial charge in [0.2, 0.25) is 5.91 Å². The minimum atomic E-state index is -0.0590. The van der Waals surface area contributed by atoms with E-state index in [1.807, 2.05) is 20.0 Å². The highest BCUT2D eigenvalue weighted by atomic mass is 16.2.